The van der Waals surface area contributed by atoms with Gasteiger partial charge < -0.3 is 0 Å². The number of hydrogen-bond donors (Lipinski definition) is 0. The van der Waals surface area contributed by atoms with Gasteiger partial charge in [-0.3, -0.25) is 4.57 Å². The van der Waals surface area contributed by atoms with Crippen LogP contribution in [-0.4, -0.2) is 0 Å². The van der Waals surface area contributed by atoms with Gasteiger partial charge in [0.2, 0.25) is 6.49 Å². The molecule has 1 nitrogen and oxygen atoms in total. The van der Waals surface area contributed by atoms with Gasteiger partial charge in [0, 0.05) is 10.6 Å². The molecule has 0 N–H and O–H groups in total. The van der Waals surface area contributed by atoms with Crippen LogP contribution in [-0.2, 0) is 4.57 Å². The van der Waals surface area contributed by atoms with E-state index >= 15 is 0 Å². The van der Waals surface area contributed by atoms with Gasteiger partial charge in [-0.05, 0) is 47.6 Å². The van der Waals surface area contributed by atoms with Crippen molar-refractivity contribution < 1.29 is 4.57 Å². The summed E-state index contributed by atoms with van der Waals surface area (Å²) in [7, 11) is 0. The number of halogens is 5. The molecule has 0 fully saturated rings. The number of hydrogen-bond acceptors (Lipinski definition) is 1. The van der Waals surface area contributed by atoms with Gasteiger partial charge in [0.25, 0.3) is 0 Å². The Morgan fingerprint density at radius 3 is 1.37 bits per heavy atom. The predicted octanol–water partition coefficient (Wildman–Crippen LogP) is 5.77. The lowest BCUT2D eigenvalue weighted by molar-refractivity contribution is 0.595. The number of benzene rings is 2. The Labute approximate surface area is 135 Å². The van der Waals surface area contributed by atoms with Crippen LogP contribution < -0.4 is 10.6 Å². The third kappa shape index (κ3) is 3.24. The lowest BCUT2D eigenvalue weighted by Crippen LogP contribution is -2.12. The molecule has 0 radical (unpaired) electrons. The Bertz CT molecular complexity index is 630. The molecule has 0 atom stereocenters. The quantitative estimate of drug-likeness (QED) is 0.610. The standard InChI is InChI=1S/C12H6Cl5OP/c13-9-3-1-7(5-11(9)15)19(17,18)8-2-4-10(14)12(16)6-8/h1-6H. The second kappa shape index (κ2) is 5.85. The van der Waals surface area contributed by atoms with Crippen molar-refractivity contribution >= 4 is 74.7 Å². The van der Waals surface area contributed by atoms with E-state index in [-0.39, 0.29) is 0 Å². The van der Waals surface area contributed by atoms with Crippen LogP contribution in [0.1, 0.15) is 0 Å². The summed E-state index contributed by atoms with van der Waals surface area (Å²) in [5.41, 5.74) is 0. The van der Waals surface area contributed by atoms with Crippen LogP contribution in [0.2, 0.25) is 20.1 Å². The predicted molar refractivity (Wildman–Crippen MR) is 85.7 cm³/mol. The van der Waals surface area contributed by atoms with Gasteiger partial charge in [0.05, 0.1) is 20.1 Å². The summed E-state index contributed by atoms with van der Waals surface area (Å²) >= 11 is 29.6. The highest BCUT2D eigenvalue weighted by atomic mass is 35.7. The molecule has 0 aliphatic carbocycles. The van der Waals surface area contributed by atoms with Crippen molar-refractivity contribution in [3.05, 3.63) is 56.5 Å². The largest absolute Gasteiger partial charge is 0.296 e. The highest BCUT2D eigenvalue weighted by Crippen LogP contribution is 2.50. The molecule has 7 heteroatoms. The molecule has 100 valence electrons. The summed E-state index contributed by atoms with van der Waals surface area (Å²) in [4.78, 5) is 0. The fourth-order valence-electron chi connectivity index (χ4n) is 1.48. The summed E-state index contributed by atoms with van der Waals surface area (Å²) in [5.74, 6) is 0. The zero-order valence-electron chi connectivity index (χ0n) is 9.21. The lowest BCUT2D eigenvalue weighted by atomic mass is 10.3. The van der Waals surface area contributed by atoms with Gasteiger partial charge in [0.1, 0.15) is 0 Å². The first-order valence-corrected chi connectivity index (χ1v) is 9.15. The van der Waals surface area contributed by atoms with E-state index in [1.165, 1.54) is 12.1 Å². The van der Waals surface area contributed by atoms with Crippen LogP contribution >= 0.6 is 64.1 Å². The van der Waals surface area contributed by atoms with Crippen molar-refractivity contribution in [1.82, 2.24) is 0 Å². The summed E-state index contributed by atoms with van der Waals surface area (Å²) in [6.45, 7) is -3.30. The van der Waals surface area contributed by atoms with E-state index in [0.29, 0.717) is 30.7 Å². The zero-order chi connectivity index (χ0) is 14.2. The molecule has 0 aliphatic rings. The average Bonchev–Trinajstić information content (AvgIpc) is 2.35. The van der Waals surface area contributed by atoms with Gasteiger partial charge in [-0.1, -0.05) is 46.4 Å². The minimum atomic E-state index is -3.30. The third-order valence-electron chi connectivity index (χ3n) is 2.47. The van der Waals surface area contributed by atoms with Crippen LogP contribution in [0.4, 0.5) is 0 Å². The van der Waals surface area contributed by atoms with Gasteiger partial charge in [-0.25, -0.2) is 0 Å². The highest BCUT2D eigenvalue weighted by molar-refractivity contribution is 8.00. The zero-order valence-corrected chi connectivity index (χ0v) is 13.9. The molecular formula is C12H6Cl5OP. The summed E-state index contributed by atoms with van der Waals surface area (Å²) < 4.78 is 12.7. The second-order valence-corrected chi connectivity index (χ2v) is 8.88. The first kappa shape index (κ1) is 15.5. The molecule has 0 heterocycles. The Hall–Kier alpha value is 0.120. The van der Waals surface area contributed by atoms with Crippen LogP contribution in [0.15, 0.2) is 36.4 Å². The van der Waals surface area contributed by atoms with Crippen molar-refractivity contribution in [1.29, 1.82) is 0 Å². The molecule has 0 saturated heterocycles. The highest BCUT2D eigenvalue weighted by Gasteiger charge is 2.25. The van der Waals surface area contributed by atoms with Gasteiger partial charge in [-0.15, -0.1) is 0 Å². The molecule has 0 aliphatic heterocycles. The lowest BCUT2D eigenvalue weighted by Gasteiger charge is -2.12. The summed E-state index contributed by atoms with van der Waals surface area (Å²) in [6.07, 6.45) is 0. The maximum atomic E-state index is 12.7. The molecule has 2 aromatic carbocycles. The molecule has 0 aromatic heterocycles. The fourth-order valence-corrected chi connectivity index (χ4v) is 4.28. The van der Waals surface area contributed by atoms with Crippen LogP contribution in [0.3, 0.4) is 0 Å². The van der Waals surface area contributed by atoms with E-state index in [1.807, 2.05) is 0 Å². The van der Waals surface area contributed by atoms with E-state index < -0.39 is 6.49 Å². The Morgan fingerprint density at radius 2 is 1.05 bits per heavy atom. The Balaban J connectivity index is 2.54. The second-order valence-electron chi connectivity index (χ2n) is 3.73. The Morgan fingerprint density at radius 1 is 0.684 bits per heavy atom. The molecule has 0 saturated carbocycles. The van der Waals surface area contributed by atoms with Crippen molar-refractivity contribution in [2.75, 3.05) is 0 Å². The molecule has 0 spiro atoms. The molecule has 0 amide bonds. The SMILES string of the molecule is O=P(Cl)(c1ccc(Cl)c(Cl)c1)c1ccc(Cl)c(Cl)c1. The molecule has 19 heavy (non-hydrogen) atoms. The summed E-state index contributed by atoms with van der Waals surface area (Å²) in [5, 5.41) is 2.11. The Kier molecular flexibility index (Phi) is 4.78. The first-order chi connectivity index (χ1) is 8.82. The van der Waals surface area contributed by atoms with Crippen LogP contribution in [0, 0.1) is 0 Å². The fraction of sp³-hybridized carbons (Fsp3) is 0. The maximum Gasteiger partial charge on any atom is 0.225 e. The van der Waals surface area contributed by atoms with Crippen molar-refractivity contribution in [2.45, 2.75) is 0 Å². The van der Waals surface area contributed by atoms with Crippen molar-refractivity contribution in [2.24, 2.45) is 0 Å². The molecule has 2 rings (SSSR count). The first-order valence-electron chi connectivity index (χ1n) is 5.03. The monoisotopic (exact) mass is 372 g/mol. The molecule has 0 bridgehead atoms. The van der Waals surface area contributed by atoms with Crippen molar-refractivity contribution in [3.8, 4) is 0 Å². The van der Waals surface area contributed by atoms with Crippen LogP contribution in [0.25, 0.3) is 0 Å². The molecule has 0 unspecified atom stereocenters. The minimum Gasteiger partial charge on any atom is -0.296 e. The summed E-state index contributed by atoms with van der Waals surface area (Å²) in [6, 6.07) is 9.22. The van der Waals surface area contributed by atoms with E-state index in [0.717, 1.165) is 0 Å². The van der Waals surface area contributed by atoms with Gasteiger partial charge >= 0.3 is 0 Å². The number of rotatable bonds is 2. The average molecular weight is 374 g/mol. The maximum absolute atomic E-state index is 12.7. The smallest absolute Gasteiger partial charge is 0.225 e. The van der Waals surface area contributed by atoms with Crippen LogP contribution in [0.5, 0.6) is 0 Å². The van der Waals surface area contributed by atoms with E-state index in [9.17, 15) is 4.57 Å². The van der Waals surface area contributed by atoms with E-state index in [1.54, 1.807) is 24.3 Å². The third-order valence-corrected chi connectivity index (χ3v) is 7.00. The van der Waals surface area contributed by atoms with E-state index in [2.05, 4.69) is 0 Å². The van der Waals surface area contributed by atoms with E-state index in [4.69, 9.17) is 57.6 Å². The van der Waals surface area contributed by atoms with Crippen molar-refractivity contribution in [3.63, 3.8) is 0 Å². The molecular weight excluding hydrogens is 368 g/mol. The normalized spacial score (nSPS) is 11.6. The van der Waals surface area contributed by atoms with Gasteiger partial charge in [-0.2, -0.15) is 0 Å². The minimum absolute atomic E-state index is 0.292. The topological polar surface area (TPSA) is 17.1 Å². The molecule has 2 aromatic rings. The van der Waals surface area contributed by atoms with Gasteiger partial charge in [0.15, 0.2) is 0 Å².